The second kappa shape index (κ2) is 8.65. The van der Waals surface area contributed by atoms with Crippen molar-refractivity contribution < 1.29 is 14.4 Å². The average Bonchev–Trinajstić information content (AvgIpc) is 2.99. The summed E-state index contributed by atoms with van der Waals surface area (Å²) in [6.45, 7) is 6.86. The zero-order valence-electron chi connectivity index (χ0n) is 15.2. The fraction of sp³-hybridized carbons (Fsp3) is 0.526. The molecule has 0 aliphatic carbocycles. The van der Waals surface area contributed by atoms with E-state index in [2.05, 4.69) is 17.6 Å². The van der Waals surface area contributed by atoms with Gasteiger partial charge in [-0.15, -0.1) is 0 Å². The molecule has 1 aromatic rings. The van der Waals surface area contributed by atoms with Crippen LogP contribution in [0.2, 0.25) is 0 Å². The summed E-state index contributed by atoms with van der Waals surface area (Å²) in [4.78, 5) is 37.8. The molecule has 1 heterocycles. The number of hydrogen-bond acceptors (Lipinski definition) is 3. The van der Waals surface area contributed by atoms with Gasteiger partial charge in [0.25, 0.3) is 0 Å². The molecule has 2 N–H and O–H groups in total. The Bertz CT molecular complexity index is 643. The maximum atomic E-state index is 12.3. The highest BCUT2D eigenvalue weighted by molar-refractivity contribution is 6.00. The Balaban J connectivity index is 1.87. The van der Waals surface area contributed by atoms with Crippen molar-refractivity contribution in [3.63, 3.8) is 0 Å². The standard InChI is InChI=1S/C19H27N3O3/c1-4-14-7-5-6-8-16(14)22-12-15(11-17(22)23)19(25)21-10-9-20-18(24)13(2)3/h5-8,13,15H,4,9-12H2,1-3H3,(H,20,24)(H,21,25)/t15-/m0/s1. The minimum Gasteiger partial charge on any atom is -0.354 e. The highest BCUT2D eigenvalue weighted by Crippen LogP contribution is 2.28. The van der Waals surface area contributed by atoms with Gasteiger partial charge < -0.3 is 15.5 Å². The molecule has 0 saturated carbocycles. The molecule has 0 spiro atoms. The summed E-state index contributed by atoms with van der Waals surface area (Å²) in [7, 11) is 0. The number of amides is 3. The Morgan fingerprint density at radius 3 is 2.56 bits per heavy atom. The van der Waals surface area contributed by atoms with Gasteiger partial charge in [-0.3, -0.25) is 14.4 Å². The summed E-state index contributed by atoms with van der Waals surface area (Å²) in [5, 5.41) is 5.56. The second-order valence-electron chi connectivity index (χ2n) is 6.62. The van der Waals surface area contributed by atoms with Gasteiger partial charge in [-0.05, 0) is 18.1 Å². The van der Waals surface area contributed by atoms with E-state index < -0.39 is 0 Å². The number of benzene rings is 1. The number of carbonyl (C=O) groups excluding carboxylic acids is 3. The van der Waals surface area contributed by atoms with Crippen molar-refractivity contribution in [1.82, 2.24) is 10.6 Å². The zero-order valence-corrected chi connectivity index (χ0v) is 15.2. The van der Waals surface area contributed by atoms with Crippen molar-refractivity contribution in [3.05, 3.63) is 29.8 Å². The van der Waals surface area contributed by atoms with Crippen molar-refractivity contribution in [2.45, 2.75) is 33.6 Å². The lowest BCUT2D eigenvalue weighted by Crippen LogP contribution is -2.39. The molecule has 0 aromatic heterocycles. The largest absolute Gasteiger partial charge is 0.354 e. The van der Waals surface area contributed by atoms with Gasteiger partial charge >= 0.3 is 0 Å². The van der Waals surface area contributed by atoms with E-state index in [1.54, 1.807) is 4.90 Å². The van der Waals surface area contributed by atoms with E-state index in [0.717, 1.165) is 17.7 Å². The summed E-state index contributed by atoms with van der Waals surface area (Å²) in [5.41, 5.74) is 2.00. The molecule has 0 bridgehead atoms. The molecule has 0 unspecified atom stereocenters. The molecule has 1 aliphatic heterocycles. The van der Waals surface area contributed by atoms with Crippen LogP contribution in [-0.2, 0) is 20.8 Å². The summed E-state index contributed by atoms with van der Waals surface area (Å²) in [6.07, 6.45) is 1.06. The Hall–Kier alpha value is -2.37. The van der Waals surface area contributed by atoms with E-state index in [0.29, 0.717) is 19.6 Å². The fourth-order valence-corrected chi connectivity index (χ4v) is 2.91. The highest BCUT2D eigenvalue weighted by Gasteiger charge is 2.35. The van der Waals surface area contributed by atoms with E-state index in [4.69, 9.17) is 0 Å². The third-order valence-corrected chi connectivity index (χ3v) is 4.41. The Labute approximate surface area is 149 Å². The van der Waals surface area contributed by atoms with Crippen molar-refractivity contribution in [2.24, 2.45) is 11.8 Å². The van der Waals surface area contributed by atoms with Crippen molar-refractivity contribution >= 4 is 23.4 Å². The number of nitrogens with one attached hydrogen (secondary N) is 2. The molecule has 1 aliphatic rings. The topological polar surface area (TPSA) is 78.5 Å². The molecule has 2 rings (SSSR count). The van der Waals surface area contributed by atoms with Crippen LogP contribution in [-0.4, -0.2) is 37.4 Å². The molecule has 1 fully saturated rings. The number of aryl methyl sites for hydroxylation is 1. The molecule has 136 valence electrons. The summed E-state index contributed by atoms with van der Waals surface area (Å²) < 4.78 is 0. The fourth-order valence-electron chi connectivity index (χ4n) is 2.91. The zero-order chi connectivity index (χ0) is 18.4. The van der Waals surface area contributed by atoms with Gasteiger partial charge in [0.15, 0.2) is 0 Å². The average molecular weight is 345 g/mol. The van der Waals surface area contributed by atoms with E-state index in [-0.39, 0.29) is 36.0 Å². The summed E-state index contributed by atoms with van der Waals surface area (Å²) in [6, 6.07) is 7.80. The van der Waals surface area contributed by atoms with Gasteiger partial charge in [0.1, 0.15) is 0 Å². The molecular weight excluding hydrogens is 318 g/mol. The predicted molar refractivity (Wildman–Crippen MR) is 97.1 cm³/mol. The van der Waals surface area contributed by atoms with Crippen LogP contribution in [0, 0.1) is 11.8 Å². The molecule has 3 amide bonds. The van der Waals surface area contributed by atoms with E-state index >= 15 is 0 Å². The number of hydrogen-bond donors (Lipinski definition) is 2. The molecule has 1 saturated heterocycles. The minimum atomic E-state index is -0.349. The number of carbonyl (C=O) groups is 3. The second-order valence-corrected chi connectivity index (χ2v) is 6.62. The smallest absolute Gasteiger partial charge is 0.227 e. The van der Waals surface area contributed by atoms with E-state index in [1.807, 2.05) is 38.1 Å². The maximum absolute atomic E-state index is 12.3. The number of anilines is 1. The molecule has 1 aromatic carbocycles. The first-order valence-corrected chi connectivity index (χ1v) is 8.87. The van der Waals surface area contributed by atoms with Crippen molar-refractivity contribution in [3.8, 4) is 0 Å². The number of rotatable bonds is 7. The van der Waals surface area contributed by atoms with E-state index in [1.165, 1.54) is 0 Å². The lowest BCUT2D eigenvalue weighted by molar-refractivity contribution is -0.126. The van der Waals surface area contributed by atoms with Crippen molar-refractivity contribution in [1.29, 1.82) is 0 Å². The van der Waals surface area contributed by atoms with Gasteiger partial charge in [0.05, 0.1) is 5.92 Å². The Morgan fingerprint density at radius 1 is 1.20 bits per heavy atom. The monoisotopic (exact) mass is 345 g/mol. The van der Waals surface area contributed by atoms with Gasteiger partial charge in [0, 0.05) is 37.7 Å². The van der Waals surface area contributed by atoms with Crippen LogP contribution in [0.15, 0.2) is 24.3 Å². The lowest BCUT2D eigenvalue weighted by atomic mass is 10.1. The molecule has 6 nitrogen and oxygen atoms in total. The highest BCUT2D eigenvalue weighted by atomic mass is 16.2. The predicted octanol–water partition coefficient (Wildman–Crippen LogP) is 1.49. The molecular formula is C19H27N3O3. The molecule has 25 heavy (non-hydrogen) atoms. The first kappa shape index (κ1) is 19.0. The molecule has 0 radical (unpaired) electrons. The SMILES string of the molecule is CCc1ccccc1N1C[C@@H](C(=O)NCCNC(=O)C(C)C)CC1=O. The van der Waals surface area contributed by atoms with Crippen LogP contribution < -0.4 is 15.5 Å². The van der Waals surface area contributed by atoms with Crippen LogP contribution in [0.25, 0.3) is 0 Å². The third kappa shape index (κ3) is 4.81. The molecule has 6 heteroatoms. The Kier molecular flexibility index (Phi) is 6.56. The Morgan fingerprint density at radius 2 is 1.88 bits per heavy atom. The van der Waals surface area contributed by atoms with Crippen molar-refractivity contribution in [2.75, 3.05) is 24.5 Å². The maximum Gasteiger partial charge on any atom is 0.227 e. The van der Waals surface area contributed by atoms with Gasteiger partial charge in [0.2, 0.25) is 17.7 Å². The first-order valence-electron chi connectivity index (χ1n) is 8.87. The van der Waals surface area contributed by atoms with Crippen LogP contribution >= 0.6 is 0 Å². The normalized spacial score (nSPS) is 17.0. The van der Waals surface area contributed by atoms with Crippen LogP contribution in [0.4, 0.5) is 5.69 Å². The lowest BCUT2D eigenvalue weighted by Gasteiger charge is -2.20. The third-order valence-electron chi connectivity index (χ3n) is 4.41. The van der Waals surface area contributed by atoms with Crippen LogP contribution in [0.5, 0.6) is 0 Å². The number of nitrogens with zero attached hydrogens (tertiary/aromatic N) is 1. The quantitative estimate of drug-likeness (QED) is 0.735. The van der Waals surface area contributed by atoms with Crippen LogP contribution in [0.1, 0.15) is 32.8 Å². The van der Waals surface area contributed by atoms with Crippen LogP contribution in [0.3, 0.4) is 0 Å². The summed E-state index contributed by atoms with van der Waals surface area (Å²) >= 11 is 0. The van der Waals surface area contributed by atoms with E-state index in [9.17, 15) is 14.4 Å². The summed E-state index contributed by atoms with van der Waals surface area (Å²) in [5.74, 6) is -0.612. The van der Waals surface area contributed by atoms with Gasteiger partial charge in [-0.25, -0.2) is 0 Å². The van der Waals surface area contributed by atoms with Gasteiger partial charge in [-0.2, -0.15) is 0 Å². The first-order chi connectivity index (χ1) is 11.9. The van der Waals surface area contributed by atoms with Gasteiger partial charge in [-0.1, -0.05) is 39.0 Å². The number of para-hydroxylation sites is 1. The molecule has 1 atom stereocenters. The minimum absolute atomic E-state index is 0.0193.